The van der Waals surface area contributed by atoms with Crippen LogP contribution in [0.1, 0.15) is 75.8 Å². The van der Waals surface area contributed by atoms with E-state index in [1.807, 2.05) is 6.92 Å². The molecule has 0 aromatic carbocycles. The van der Waals surface area contributed by atoms with Crippen LogP contribution in [0.2, 0.25) is 0 Å². The van der Waals surface area contributed by atoms with Crippen LogP contribution < -0.4 is 0 Å². The molecule has 1 aliphatic heterocycles. The average molecular weight is 389 g/mol. The maximum absolute atomic E-state index is 5.86. The Hall–Kier alpha value is -1.11. The molecule has 0 unspecified atom stereocenters. The molecule has 1 saturated heterocycles. The predicted molar refractivity (Wildman–Crippen MR) is 110 cm³/mol. The average Bonchev–Trinajstić information content (AvgIpc) is 2.97. The first kappa shape index (κ1) is 19.2. The molecule has 0 amide bonds. The molecule has 1 saturated carbocycles. The molecular formula is C21H32N4OS. The molecule has 0 atom stereocenters. The number of hydrogen-bond donors (Lipinski definition) is 0. The Kier molecular flexibility index (Phi) is 5.02. The predicted octanol–water partition coefficient (Wildman–Crippen LogP) is 4.69. The highest BCUT2D eigenvalue weighted by atomic mass is 32.1. The minimum Gasteiger partial charge on any atom is -0.373 e. The van der Waals surface area contributed by atoms with Crippen molar-refractivity contribution in [1.29, 1.82) is 0 Å². The molecule has 27 heavy (non-hydrogen) atoms. The van der Waals surface area contributed by atoms with Crippen LogP contribution in [0, 0.1) is 12.3 Å². The summed E-state index contributed by atoms with van der Waals surface area (Å²) < 4.78 is 5.86. The first-order valence-corrected chi connectivity index (χ1v) is 11.0. The first-order valence-electron chi connectivity index (χ1n) is 10.2. The first-order chi connectivity index (χ1) is 12.7. The van der Waals surface area contributed by atoms with E-state index in [1.165, 1.54) is 30.7 Å². The Labute approximate surface area is 166 Å². The summed E-state index contributed by atoms with van der Waals surface area (Å²) in [5, 5.41) is 1.27. The zero-order valence-electron chi connectivity index (χ0n) is 17.3. The lowest BCUT2D eigenvalue weighted by Crippen LogP contribution is -2.47. The van der Waals surface area contributed by atoms with Crippen molar-refractivity contribution in [3.05, 3.63) is 16.5 Å². The Balaban J connectivity index is 1.59. The normalized spacial score (nSPS) is 23.7. The van der Waals surface area contributed by atoms with Crippen molar-refractivity contribution < 1.29 is 4.74 Å². The van der Waals surface area contributed by atoms with Crippen molar-refractivity contribution >= 4 is 21.7 Å². The quantitative estimate of drug-likeness (QED) is 0.763. The van der Waals surface area contributed by atoms with Crippen molar-refractivity contribution in [3.63, 3.8) is 0 Å². The van der Waals surface area contributed by atoms with Gasteiger partial charge in [-0.1, -0.05) is 25.2 Å². The highest BCUT2D eigenvalue weighted by Gasteiger charge is 2.31. The van der Waals surface area contributed by atoms with E-state index in [4.69, 9.17) is 19.7 Å². The van der Waals surface area contributed by atoms with Crippen LogP contribution in [0.4, 0.5) is 0 Å². The number of morpholine rings is 1. The van der Waals surface area contributed by atoms with Gasteiger partial charge in [0.25, 0.3) is 0 Å². The molecule has 2 fully saturated rings. The maximum Gasteiger partial charge on any atom is 0.147 e. The van der Waals surface area contributed by atoms with Crippen LogP contribution >= 0.6 is 11.3 Å². The second-order valence-corrected chi connectivity index (χ2v) is 10.7. The lowest BCUT2D eigenvalue weighted by atomic mass is 9.73. The van der Waals surface area contributed by atoms with Gasteiger partial charge in [-0.05, 0) is 51.9 Å². The molecular weight excluding hydrogens is 356 g/mol. The Morgan fingerprint density at radius 1 is 1.11 bits per heavy atom. The summed E-state index contributed by atoms with van der Waals surface area (Å²) in [6, 6.07) is 0. The van der Waals surface area contributed by atoms with Gasteiger partial charge in [0.2, 0.25) is 0 Å². The standard InChI is InChI=1S/C21H32N4OS/c1-14-22-16(12-25-10-11-26-21(4,5)13-25)17-19(23-14)27-18(24-17)15-6-8-20(2,3)9-7-15/h15H,6-13H2,1-5H3. The topological polar surface area (TPSA) is 51.1 Å². The number of aromatic nitrogens is 3. The zero-order chi connectivity index (χ0) is 19.2. The monoisotopic (exact) mass is 388 g/mol. The number of aryl methyl sites for hydroxylation is 1. The highest BCUT2D eigenvalue weighted by molar-refractivity contribution is 7.18. The van der Waals surface area contributed by atoms with Crippen LogP contribution in [0.25, 0.3) is 10.3 Å². The van der Waals surface area contributed by atoms with E-state index in [1.54, 1.807) is 11.3 Å². The van der Waals surface area contributed by atoms with Gasteiger partial charge in [0.1, 0.15) is 16.2 Å². The molecule has 2 aromatic rings. The molecule has 0 radical (unpaired) electrons. The maximum atomic E-state index is 5.86. The molecule has 4 rings (SSSR count). The van der Waals surface area contributed by atoms with Gasteiger partial charge < -0.3 is 4.74 Å². The largest absolute Gasteiger partial charge is 0.373 e. The summed E-state index contributed by atoms with van der Waals surface area (Å²) in [6.07, 6.45) is 5.06. The second-order valence-electron chi connectivity index (χ2n) is 9.68. The van der Waals surface area contributed by atoms with Crippen LogP contribution in [-0.4, -0.2) is 45.1 Å². The van der Waals surface area contributed by atoms with Crippen molar-refractivity contribution in [3.8, 4) is 0 Å². The Morgan fingerprint density at radius 3 is 2.56 bits per heavy atom. The molecule has 2 aliphatic rings. The van der Waals surface area contributed by atoms with Gasteiger partial charge in [0, 0.05) is 25.6 Å². The van der Waals surface area contributed by atoms with Crippen LogP contribution in [0.3, 0.4) is 0 Å². The van der Waals surface area contributed by atoms with Gasteiger partial charge in [-0.25, -0.2) is 15.0 Å². The molecule has 0 bridgehead atoms. The fraction of sp³-hybridized carbons (Fsp3) is 0.762. The van der Waals surface area contributed by atoms with E-state index in [2.05, 4.69) is 32.6 Å². The molecule has 2 aromatic heterocycles. The summed E-state index contributed by atoms with van der Waals surface area (Å²) in [5.74, 6) is 1.44. The number of hydrogen-bond acceptors (Lipinski definition) is 6. The molecule has 6 heteroatoms. The van der Waals surface area contributed by atoms with Crippen LogP contribution in [0.5, 0.6) is 0 Å². The van der Waals surface area contributed by atoms with Gasteiger partial charge in [-0.2, -0.15) is 0 Å². The molecule has 0 spiro atoms. The summed E-state index contributed by atoms with van der Waals surface area (Å²) in [7, 11) is 0. The third kappa shape index (κ3) is 4.33. The molecule has 148 valence electrons. The van der Waals surface area contributed by atoms with Gasteiger partial charge in [-0.3, -0.25) is 4.90 Å². The minimum atomic E-state index is -0.0957. The summed E-state index contributed by atoms with van der Waals surface area (Å²) >= 11 is 1.79. The summed E-state index contributed by atoms with van der Waals surface area (Å²) in [6.45, 7) is 14.6. The Bertz CT molecular complexity index is 819. The SMILES string of the molecule is Cc1nc(CN2CCOC(C)(C)C2)c2nc(C3CCC(C)(C)CC3)sc2n1. The van der Waals surface area contributed by atoms with Crippen LogP contribution in [-0.2, 0) is 11.3 Å². The fourth-order valence-electron chi connectivity index (χ4n) is 4.40. The van der Waals surface area contributed by atoms with Crippen molar-refractivity contribution in [2.75, 3.05) is 19.7 Å². The number of fused-ring (bicyclic) bond motifs is 1. The minimum absolute atomic E-state index is 0.0957. The van der Waals surface area contributed by atoms with Crippen LogP contribution in [0.15, 0.2) is 0 Å². The van der Waals surface area contributed by atoms with E-state index in [-0.39, 0.29) is 5.60 Å². The molecule has 1 aliphatic carbocycles. The van der Waals surface area contributed by atoms with Gasteiger partial charge in [0.15, 0.2) is 0 Å². The van der Waals surface area contributed by atoms with Crippen molar-refractivity contribution in [2.45, 2.75) is 78.4 Å². The summed E-state index contributed by atoms with van der Waals surface area (Å²) in [5.41, 5.74) is 2.49. The summed E-state index contributed by atoms with van der Waals surface area (Å²) in [4.78, 5) is 18.0. The number of ether oxygens (including phenoxy) is 1. The van der Waals surface area contributed by atoms with E-state index in [9.17, 15) is 0 Å². The lowest BCUT2D eigenvalue weighted by Gasteiger charge is -2.37. The second kappa shape index (κ2) is 7.05. The zero-order valence-corrected chi connectivity index (χ0v) is 18.2. The molecule has 0 N–H and O–H groups in total. The van der Waals surface area contributed by atoms with E-state index in [0.29, 0.717) is 11.3 Å². The van der Waals surface area contributed by atoms with Crippen molar-refractivity contribution in [1.82, 2.24) is 19.9 Å². The number of thiazole rings is 1. The number of rotatable bonds is 3. The molecule has 3 heterocycles. The van der Waals surface area contributed by atoms with Gasteiger partial charge in [0.05, 0.1) is 22.9 Å². The fourth-order valence-corrected chi connectivity index (χ4v) is 5.58. The highest BCUT2D eigenvalue weighted by Crippen LogP contribution is 2.44. The molecule has 5 nitrogen and oxygen atoms in total. The third-order valence-electron chi connectivity index (χ3n) is 6.03. The van der Waals surface area contributed by atoms with E-state index >= 15 is 0 Å². The van der Waals surface area contributed by atoms with Crippen molar-refractivity contribution in [2.24, 2.45) is 5.41 Å². The lowest BCUT2D eigenvalue weighted by molar-refractivity contribution is -0.0884. The van der Waals surface area contributed by atoms with Gasteiger partial charge >= 0.3 is 0 Å². The van der Waals surface area contributed by atoms with Gasteiger partial charge in [-0.15, -0.1) is 0 Å². The Morgan fingerprint density at radius 2 is 1.85 bits per heavy atom. The number of nitrogens with zero attached hydrogens (tertiary/aromatic N) is 4. The third-order valence-corrected chi connectivity index (χ3v) is 7.14. The van der Waals surface area contributed by atoms with E-state index < -0.39 is 0 Å². The van der Waals surface area contributed by atoms with E-state index in [0.717, 1.165) is 48.1 Å². The smallest absolute Gasteiger partial charge is 0.147 e.